The molecular formula is C19H26N6O. The number of anilines is 1. The average molecular weight is 354 g/mol. The highest BCUT2D eigenvalue weighted by Crippen LogP contribution is 2.23. The number of aromatic nitrogens is 3. The van der Waals surface area contributed by atoms with Crippen LogP contribution in [-0.4, -0.2) is 65.2 Å². The minimum Gasteiger partial charge on any atom is -0.357 e. The van der Waals surface area contributed by atoms with Crippen LogP contribution in [0.5, 0.6) is 0 Å². The third-order valence-corrected chi connectivity index (χ3v) is 5.39. The van der Waals surface area contributed by atoms with Gasteiger partial charge in [0, 0.05) is 58.2 Å². The first kappa shape index (κ1) is 17.2. The molecule has 2 aliphatic rings. The molecule has 0 spiro atoms. The first-order chi connectivity index (χ1) is 12.8. The molecule has 2 aromatic rings. The van der Waals surface area contributed by atoms with Gasteiger partial charge in [-0.25, -0.2) is 14.8 Å². The molecule has 2 aliphatic heterocycles. The minimum atomic E-state index is -0.282. The summed E-state index contributed by atoms with van der Waals surface area (Å²) in [5.41, 5.74) is 0.469. The van der Waals surface area contributed by atoms with Gasteiger partial charge in [0.05, 0.1) is 11.9 Å². The molecule has 0 radical (unpaired) electrons. The van der Waals surface area contributed by atoms with Crippen LogP contribution < -0.4 is 15.9 Å². The number of piperazine rings is 1. The van der Waals surface area contributed by atoms with Gasteiger partial charge in [-0.05, 0) is 37.0 Å². The smallest absolute Gasteiger partial charge is 0.352 e. The molecule has 4 heterocycles. The van der Waals surface area contributed by atoms with Gasteiger partial charge in [0.2, 0.25) is 0 Å². The normalized spacial score (nSPS) is 19.6. The molecular weight excluding hydrogens is 328 g/mol. The molecule has 0 aromatic carbocycles. The Labute approximate surface area is 153 Å². The molecule has 0 amide bonds. The highest BCUT2D eigenvalue weighted by molar-refractivity contribution is 5.43. The third kappa shape index (κ3) is 3.94. The molecule has 0 unspecified atom stereocenters. The Hall–Kier alpha value is -2.25. The van der Waals surface area contributed by atoms with Crippen LogP contribution in [-0.2, 0) is 0 Å². The summed E-state index contributed by atoms with van der Waals surface area (Å²) in [6, 6.07) is 5.70. The lowest BCUT2D eigenvalue weighted by atomic mass is 9.96. The summed E-state index contributed by atoms with van der Waals surface area (Å²) in [6.07, 6.45) is 7.41. The van der Waals surface area contributed by atoms with Gasteiger partial charge in [-0.1, -0.05) is 0 Å². The van der Waals surface area contributed by atoms with Gasteiger partial charge in [0.25, 0.3) is 0 Å². The summed E-state index contributed by atoms with van der Waals surface area (Å²) in [6.45, 7) is 7.93. The molecule has 0 bridgehead atoms. The maximum atomic E-state index is 11.8. The number of nitrogens with zero attached hydrogens (tertiary/aromatic N) is 5. The summed E-state index contributed by atoms with van der Waals surface area (Å²) in [7, 11) is 0. The molecule has 7 heteroatoms. The predicted octanol–water partition coefficient (Wildman–Crippen LogP) is 0.749. The molecule has 0 saturated carbocycles. The van der Waals surface area contributed by atoms with Crippen molar-refractivity contribution in [2.24, 2.45) is 5.92 Å². The number of rotatable bonds is 4. The summed E-state index contributed by atoms with van der Waals surface area (Å²) >= 11 is 0. The second-order valence-electron chi connectivity index (χ2n) is 7.13. The fraction of sp³-hybridized carbons (Fsp3) is 0.526. The molecule has 4 rings (SSSR count). The Kier molecular flexibility index (Phi) is 5.26. The lowest BCUT2D eigenvalue weighted by molar-refractivity contribution is 0.190. The third-order valence-electron chi connectivity index (χ3n) is 5.39. The van der Waals surface area contributed by atoms with E-state index in [-0.39, 0.29) is 5.69 Å². The quantitative estimate of drug-likeness (QED) is 0.874. The Morgan fingerprint density at radius 3 is 2.58 bits per heavy atom. The molecule has 0 aliphatic carbocycles. The van der Waals surface area contributed by atoms with E-state index >= 15 is 0 Å². The molecule has 2 fully saturated rings. The van der Waals surface area contributed by atoms with Gasteiger partial charge >= 0.3 is 5.69 Å². The Bertz CT molecular complexity index is 760. The maximum absolute atomic E-state index is 11.8. The number of hydrogen-bond donors (Lipinski definition) is 1. The predicted molar refractivity (Wildman–Crippen MR) is 102 cm³/mol. The van der Waals surface area contributed by atoms with Crippen LogP contribution in [0, 0.1) is 5.92 Å². The second-order valence-corrected chi connectivity index (χ2v) is 7.13. The van der Waals surface area contributed by atoms with Crippen molar-refractivity contribution < 1.29 is 0 Å². The van der Waals surface area contributed by atoms with Gasteiger partial charge in [-0.2, -0.15) is 0 Å². The van der Waals surface area contributed by atoms with E-state index in [1.807, 2.05) is 12.1 Å². The summed E-state index contributed by atoms with van der Waals surface area (Å²) < 4.78 is 1.51. The van der Waals surface area contributed by atoms with E-state index in [0.717, 1.165) is 43.6 Å². The summed E-state index contributed by atoms with van der Waals surface area (Å²) in [5.74, 6) is 1.78. The molecule has 2 aromatic heterocycles. The monoisotopic (exact) mass is 354 g/mol. The van der Waals surface area contributed by atoms with Crippen molar-refractivity contribution in [2.45, 2.75) is 12.8 Å². The van der Waals surface area contributed by atoms with Crippen molar-refractivity contribution in [2.75, 3.05) is 50.7 Å². The molecule has 138 valence electrons. The summed E-state index contributed by atoms with van der Waals surface area (Å²) in [5, 5.41) is 3.42. The topological polar surface area (TPSA) is 66.3 Å². The van der Waals surface area contributed by atoms with Gasteiger partial charge in [0.15, 0.2) is 0 Å². The fourth-order valence-electron chi connectivity index (χ4n) is 3.87. The van der Waals surface area contributed by atoms with E-state index in [4.69, 9.17) is 0 Å². The van der Waals surface area contributed by atoms with Crippen LogP contribution in [0.1, 0.15) is 12.8 Å². The fourth-order valence-corrected chi connectivity index (χ4v) is 3.87. The SMILES string of the molecule is O=c1ncccn1-c1ccc(N2CCC(CN3CCNCC3)CC2)nc1. The van der Waals surface area contributed by atoms with Gasteiger partial charge in [-0.3, -0.25) is 4.57 Å². The summed E-state index contributed by atoms with van der Waals surface area (Å²) in [4.78, 5) is 25.1. The molecule has 2 saturated heterocycles. The molecule has 1 N–H and O–H groups in total. The largest absolute Gasteiger partial charge is 0.357 e. The second kappa shape index (κ2) is 7.97. The van der Waals surface area contributed by atoms with Crippen molar-refractivity contribution >= 4 is 5.82 Å². The van der Waals surface area contributed by atoms with E-state index < -0.39 is 0 Å². The van der Waals surface area contributed by atoms with E-state index in [2.05, 4.69) is 25.1 Å². The zero-order valence-electron chi connectivity index (χ0n) is 15.0. The van der Waals surface area contributed by atoms with E-state index in [1.165, 1.54) is 43.2 Å². The number of nitrogens with one attached hydrogen (secondary N) is 1. The number of piperidine rings is 1. The van der Waals surface area contributed by atoms with Crippen LogP contribution in [0.2, 0.25) is 0 Å². The van der Waals surface area contributed by atoms with E-state index in [0.29, 0.717) is 0 Å². The van der Waals surface area contributed by atoms with Crippen LogP contribution in [0.4, 0.5) is 5.82 Å². The van der Waals surface area contributed by atoms with E-state index in [9.17, 15) is 4.79 Å². The zero-order valence-corrected chi connectivity index (χ0v) is 15.0. The number of hydrogen-bond acceptors (Lipinski definition) is 6. The van der Waals surface area contributed by atoms with Gasteiger partial charge in [-0.15, -0.1) is 0 Å². The number of pyridine rings is 1. The first-order valence-corrected chi connectivity index (χ1v) is 9.48. The molecule has 7 nitrogen and oxygen atoms in total. The first-order valence-electron chi connectivity index (χ1n) is 9.48. The Balaban J connectivity index is 1.34. The minimum absolute atomic E-state index is 0.282. The van der Waals surface area contributed by atoms with Crippen molar-refractivity contribution in [3.8, 4) is 5.69 Å². The standard InChI is InChI=1S/C19H26N6O/c26-19-21-6-1-9-25(19)17-2-3-18(22-14-17)24-10-4-16(5-11-24)15-23-12-7-20-8-13-23/h1-3,6,9,14,16,20H,4-5,7-8,10-13,15H2. The van der Waals surface area contributed by atoms with Crippen molar-refractivity contribution in [1.29, 1.82) is 0 Å². The Morgan fingerprint density at radius 1 is 1.08 bits per heavy atom. The highest BCUT2D eigenvalue weighted by Gasteiger charge is 2.22. The van der Waals surface area contributed by atoms with Gasteiger partial charge < -0.3 is 15.1 Å². The van der Waals surface area contributed by atoms with E-state index in [1.54, 1.807) is 18.5 Å². The lowest BCUT2D eigenvalue weighted by Crippen LogP contribution is -2.47. The molecule has 26 heavy (non-hydrogen) atoms. The van der Waals surface area contributed by atoms with Crippen molar-refractivity contribution in [3.63, 3.8) is 0 Å². The maximum Gasteiger partial charge on any atom is 0.352 e. The van der Waals surface area contributed by atoms with Crippen LogP contribution in [0.15, 0.2) is 41.6 Å². The lowest BCUT2D eigenvalue weighted by Gasteiger charge is -2.36. The van der Waals surface area contributed by atoms with Crippen LogP contribution in [0.25, 0.3) is 5.69 Å². The zero-order chi connectivity index (χ0) is 17.8. The Morgan fingerprint density at radius 2 is 1.88 bits per heavy atom. The van der Waals surface area contributed by atoms with Crippen molar-refractivity contribution in [3.05, 3.63) is 47.3 Å². The van der Waals surface area contributed by atoms with Crippen molar-refractivity contribution in [1.82, 2.24) is 24.8 Å². The highest BCUT2D eigenvalue weighted by atomic mass is 16.1. The van der Waals surface area contributed by atoms with Crippen LogP contribution >= 0.6 is 0 Å². The average Bonchev–Trinajstić information content (AvgIpc) is 2.70. The van der Waals surface area contributed by atoms with Crippen LogP contribution in [0.3, 0.4) is 0 Å². The van der Waals surface area contributed by atoms with Gasteiger partial charge in [0.1, 0.15) is 5.82 Å². The molecule has 0 atom stereocenters.